The number of nitrogens with two attached hydrogens (primary N) is 1. The molecule has 0 aliphatic heterocycles. The highest BCUT2D eigenvalue weighted by Gasteiger charge is 2.12. The molecule has 0 aliphatic carbocycles. The molecule has 0 spiro atoms. The van der Waals surface area contributed by atoms with Gasteiger partial charge in [-0.25, -0.2) is 13.8 Å². The molecule has 6 heteroatoms. The lowest BCUT2D eigenvalue weighted by molar-refractivity contribution is 0.567. The summed E-state index contributed by atoms with van der Waals surface area (Å²) in [5, 5.41) is 3.90. The van der Waals surface area contributed by atoms with Crippen molar-refractivity contribution in [3.05, 3.63) is 47.5 Å². The van der Waals surface area contributed by atoms with Crippen LogP contribution in [0.1, 0.15) is 17.4 Å². The molecule has 1 unspecified atom stereocenters. The number of hydrogen-bond donors (Lipinski definition) is 1. The summed E-state index contributed by atoms with van der Waals surface area (Å²) in [6, 6.07) is 2.76. The standard InChI is InChI=1S/C11H12F2N4/c1-17-11(15-6-16-17)5-10(14)7-2-8(12)4-9(13)3-7/h2-4,6,10H,5,14H2,1H3. The van der Waals surface area contributed by atoms with Crippen molar-refractivity contribution in [3.8, 4) is 0 Å². The third-order valence-corrected chi connectivity index (χ3v) is 2.52. The summed E-state index contributed by atoms with van der Waals surface area (Å²) >= 11 is 0. The molecule has 1 aromatic carbocycles. The van der Waals surface area contributed by atoms with Crippen molar-refractivity contribution in [2.75, 3.05) is 0 Å². The van der Waals surface area contributed by atoms with Gasteiger partial charge in [0.25, 0.3) is 0 Å². The first kappa shape index (κ1) is 11.7. The fourth-order valence-electron chi connectivity index (χ4n) is 1.61. The molecule has 2 N–H and O–H groups in total. The van der Waals surface area contributed by atoms with Crippen LogP contribution < -0.4 is 5.73 Å². The highest BCUT2D eigenvalue weighted by molar-refractivity contribution is 5.22. The molecule has 90 valence electrons. The van der Waals surface area contributed by atoms with E-state index in [0.717, 1.165) is 6.07 Å². The van der Waals surface area contributed by atoms with Gasteiger partial charge in [-0.2, -0.15) is 5.10 Å². The fraction of sp³-hybridized carbons (Fsp3) is 0.273. The van der Waals surface area contributed by atoms with Gasteiger partial charge in [-0.1, -0.05) is 0 Å². The Balaban J connectivity index is 2.20. The molecule has 2 aromatic rings. The van der Waals surface area contributed by atoms with Gasteiger partial charge in [0.1, 0.15) is 23.8 Å². The smallest absolute Gasteiger partial charge is 0.138 e. The Hall–Kier alpha value is -1.82. The fourth-order valence-corrected chi connectivity index (χ4v) is 1.61. The molecule has 1 atom stereocenters. The predicted octanol–water partition coefficient (Wildman–Crippen LogP) is 1.34. The summed E-state index contributed by atoms with van der Waals surface area (Å²) < 4.78 is 27.6. The van der Waals surface area contributed by atoms with Crippen LogP contribution in [0.2, 0.25) is 0 Å². The maximum absolute atomic E-state index is 13.0. The molecule has 1 heterocycles. The van der Waals surface area contributed by atoms with Crippen LogP contribution in [0.15, 0.2) is 24.5 Å². The lowest BCUT2D eigenvalue weighted by Crippen LogP contribution is -2.16. The molecule has 0 fully saturated rings. The second kappa shape index (κ2) is 4.58. The van der Waals surface area contributed by atoms with Crippen LogP contribution in [0, 0.1) is 11.6 Å². The highest BCUT2D eigenvalue weighted by atomic mass is 19.1. The average molecular weight is 238 g/mol. The molecule has 2 rings (SSSR count). The van der Waals surface area contributed by atoms with Crippen LogP contribution in [0.5, 0.6) is 0 Å². The molecular formula is C11H12F2N4. The second-order valence-corrected chi connectivity index (χ2v) is 3.81. The first-order valence-electron chi connectivity index (χ1n) is 5.10. The maximum Gasteiger partial charge on any atom is 0.138 e. The number of hydrogen-bond acceptors (Lipinski definition) is 3. The SMILES string of the molecule is Cn1ncnc1CC(N)c1cc(F)cc(F)c1. The number of aryl methyl sites for hydroxylation is 1. The van der Waals surface area contributed by atoms with Crippen molar-refractivity contribution in [3.63, 3.8) is 0 Å². The first-order chi connectivity index (χ1) is 8.06. The Bertz CT molecular complexity index is 504. The summed E-state index contributed by atoms with van der Waals surface area (Å²) in [5.41, 5.74) is 6.29. The number of benzene rings is 1. The zero-order valence-electron chi connectivity index (χ0n) is 9.27. The average Bonchev–Trinajstić information content (AvgIpc) is 2.63. The third kappa shape index (κ3) is 2.65. The molecule has 0 radical (unpaired) electrons. The van der Waals surface area contributed by atoms with Gasteiger partial charge in [0, 0.05) is 25.6 Å². The molecule has 0 amide bonds. The van der Waals surface area contributed by atoms with Crippen LogP contribution in [0.25, 0.3) is 0 Å². The lowest BCUT2D eigenvalue weighted by Gasteiger charge is -2.11. The van der Waals surface area contributed by atoms with E-state index in [-0.39, 0.29) is 0 Å². The van der Waals surface area contributed by atoms with Crippen LogP contribution in [-0.2, 0) is 13.5 Å². The van der Waals surface area contributed by atoms with Gasteiger partial charge in [-0.15, -0.1) is 0 Å². The molecule has 0 aliphatic rings. The van der Waals surface area contributed by atoms with Gasteiger partial charge in [-0.05, 0) is 17.7 Å². The number of aromatic nitrogens is 3. The van der Waals surface area contributed by atoms with E-state index < -0.39 is 17.7 Å². The molecule has 0 saturated carbocycles. The minimum atomic E-state index is -0.631. The monoisotopic (exact) mass is 238 g/mol. The van der Waals surface area contributed by atoms with Crippen molar-refractivity contribution < 1.29 is 8.78 Å². The van der Waals surface area contributed by atoms with Crippen LogP contribution >= 0.6 is 0 Å². The van der Waals surface area contributed by atoms with Crippen molar-refractivity contribution in [2.45, 2.75) is 12.5 Å². The second-order valence-electron chi connectivity index (χ2n) is 3.81. The van der Waals surface area contributed by atoms with Crippen molar-refractivity contribution in [2.24, 2.45) is 12.8 Å². The maximum atomic E-state index is 13.0. The Labute approximate surface area is 97.1 Å². The lowest BCUT2D eigenvalue weighted by atomic mass is 10.0. The van der Waals surface area contributed by atoms with Crippen molar-refractivity contribution in [1.29, 1.82) is 0 Å². The highest BCUT2D eigenvalue weighted by Crippen LogP contribution is 2.17. The normalized spacial score (nSPS) is 12.7. The van der Waals surface area contributed by atoms with E-state index in [0.29, 0.717) is 17.8 Å². The Morgan fingerprint density at radius 3 is 2.47 bits per heavy atom. The zero-order valence-corrected chi connectivity index (χ0v) is 9.27. The van der Waals surface area contributed by atoms with E-state index in [1.807, 2.05) is 0 Å². The predicted molar refractivity (Wildman–Crippen MR) is 58.0 cm³/mol. The number of halogens is 2. The quantitative estimate of drug-likeness (QED) is 0.877. The molecule has 17 heavy (non-hydrogen) atoms. The van der Waals surface area contributed by atoms with E-state index in [4.69, 9.17) is 5.73 Å². The van der Waals surface area contributed by atoms with E-state index in [1.165, 1.54) is 18.5 Å². The summed E-state index contributed by atoms with van der Waals surface area (Å²) in [4.78, 5) is 4.01. The Morgan fingerprint density at radius 1 is 1.29 bits per heavy atom. The van der Waals surface area contributed by atoms with Gasteiger partial charge in [0.2, 0.25) is 0 Å². The Kier molecular flexibility index (Phi) is 3.14. The van der Waals surface area contributed by atoms with E-state index in [9.17, 15) is 8.78 Å². The topological polar surface area (TPSA) is 56.7 Å². The molecular weight excluding hydrogens is 226 g/mol. The van der Waals surface area contributed by atoms with Gasteiger partial charge in [-0.3, -0.25) is 4.68 Å². The third-order valence-electron chi connectivity index (χ3n) is 2.52. The summed E-state index contributed by atoms with van der Waals surface area (Å²) in [6.45, 7) is 0. The number of nitrogens with zero attached hydrogens (tertiary/aromatic N) is 3. The van der Waals surface area contributed by atoms with Crippen LogP contribution in [0.4, 0.5) is 8.78 Å². The van der Waals surface area contributed by atoms with Crippen molar-refractivity contribution in [1.82, 2.24) is 14.8 Å². The van der Waals surface area contributed by atoms with Gasteiger partial charge < -0.3 is 5.73 Å². The molecule has 0 bridgehead atoms. The van der Waals surface area contributed by atoms with Gasteiger partial charge in [0.05, 0.1) is 0 Å². The number of rotatable bonds is 3. The minimum Gasteiger partial charge on any atom is -0.324 e. The molecule has 0 saturated heterocycles. The first-order valence-corrected chi connectivity index (χ1v) is 5.10. The van der Waals surface area contributed by atoms with E-state index in [1.54, 1.807) is 11.7 Å². The van der Waals surface area contributed by atoms with Gasteiger partial charge >= 0.3 is 0 Å². The van der Waals surface area contributed by atoms with Gasteiger partial charge in [0.15, 0.2) is 0 Å². The van der Waals surface area contributed by atoms with Crippen molar-refractivity contribution >= 4 is 0 Å². The summed E-state index contributed by atoms with van der Waals surface area (Å²) in [6.07, 6.45) is 1.79. The van der Waals surface area contributed by atoms with E-state index >= 15 is 0 Å². The minimum absolute atomic E-state index is 0.374. The molecule has 4 nitrogen and oxygen atoms in total. The van der Waals surface area contributed by atoms with E-state index in [2.05, 4.69) is 10.1 Å². The zero-order chi connectivity index (χ0) is 12.4. The molecule has 1 aromatic heterocycles. The Morgan fingerprint density at radius 2 is 1.94 bits per heavy atom. The van der Waals surface area contributed by atoms with Crippen LogP contribution in [0.3, 0.4) is 0 Å². The van der Waals surface area contributed by atoms with Crippen LogP contribution in [-0.4, -0.2) is 14.8 Å². The summed E-state index contributed by atoms with van der Waals surface area (Å²) in [7, 11) is 1.74. The largest absolute Gasteiger partial charge is 0.324 e. The summed E-state index contributed by atoms with van der Waals surface area (Å²) in [5.74, 6) is -0.594.